The van der Waals surface area contributed by atoms with Gasteiger partial charge in [0, 0.05) is 56.0 Å². The van der Waals surface area contributed by atoms with Crippen molar-refractivity contribution < 1.29 is 24.5 Å². The SMILES string of the molecule is CC(=O)O.CC(=O)O.CCN(CC)Cc1cc(-c2nccn2[C@@H]2CC[C@H](N)C2)ccc1OC. The summed E-state index contributed by atoms with van der Waals surface area (Å²) >= 11 is 0. The van der Waals surface area contributed by atoms with Gasteiger partial charge >= 0.3 is 0 Å². The zero-order valence-electron chi connectivity index (χ0n) is 20.3. The van der Waals surface area contributed by atoms with Gasteiger partial charge in [0.1, 0.15) is 11.6 Å². The number of methoxy groups -OCH3 is 1. The Morgan fingerprint density at radius 3 is 2.27 bits per heavy atom. The molecule has 9 heteroatoms. The van der Waals surface area contributed by atoms with Gasteiger partial charge in [-0.2, -0.15) is 0 Å². The maximum absolute atomic E-state index is 9.00. The van der Waals surface area contributed by atoms with E-state index in [4.69, 9.17) is 30.3 Å². The molecule has 1 aromatic heterocycles. The van der Waals surface area contributed by atoms with Crippen molar-refractivity contribution in [3.05, 3.63) is 36.2 Å². The molecule has 2 aromatic rings. The average Bonchev–Trinajstić information content (AvgIpc) is 3.40. The van der Waals surface area contributed by atoms with Crippen LogP contribution in [0.2, 0.25) is 0 Å². The molecule has 2 atom stereocenters. The number of imidazole rings is 1. The maximum atomic E-state index is 9.00. The van der Waals surface area contributed by atoms with E-state index in [0.29, 0.717) is 12.1 Å². The molecule has 184 valence electrons. The average molecular weight is 463 g/mol. The van der Waals surface area contributed by atoms with E-state index < -0.39 is 11.9 Å². The molecular formula is C24H38N4O5. The van der Waals surface area contributed by atoms with Gasteiger partial charge in [-0.05, 0) is 50.6 Å². The third-order valence-electron chi connectivity index (χ3n) is 5.33. The number of carboxylic acid groups (broad SMARTS) is 2. The van der Waals surface area contributed by atoms with Gasteiger partial charge in [0.2, 0.25) is 0 Å². The van der Waals surface area contributed by atoms with Crippen LogP contribution in [0.1, 0.15) is 58.6 Å². The molecule has 0 amide bonds. The third kappa shape index (κ3) is 9.63. The first kappa shape index (κ1) is 28.1. The minimum Gasteiger partial charge on any atom is -0.496 e. The van der Waals surface area contributed by atoms with Crippen molar-refractivity contribution in [2.75, 3.05) is 20.2 Å². The minimum atomic E-state index is -0.833. The molecule has 0 bridgehead atoms. The number of rotatable bonds is 7. The van der Waals surface area contributed by atoms with E-state index >= 15 is 0 Å². The van der Waals surface area contributed by atoms with Crippen molar-refractivity contribution in [2.24, 2.45) is 5.73 Å². The summed E-state index contributed by atoms with van der Waals surface area (Å²) in [5.41, 5.74) is 8.47. The van der Waals surface area contributed by atoms with Crippen molar-refractivity contribution in [1.29, 1.82) is 0 Å². The molecular weight excluding hydrogens is 424 g/mol. The van der Waals surface area contributed by atoms with E-state index in [0.717, 1.165) is 69.9 Å². The topological polar surface area (TPSA) is 131 Å². The van der Waals surface area contributed by atoms with Crippen molar-refractivity contribution in [2.45, 2.75) is 65.6 Å². The second-order valence-electron chi connectivity index (χ2n) is 7.91. The molecule has 0 spiro atoms. The molecule has 0 unspecified atom stereocenters. The van der Waals surface area contributed by atoms with Gasteiger partial charge in [0.15, 0.2) is 0 Å². The van der Waals surface area contributed by atoms with E-state index in [1.165, 1.54) is 5.56 Å². The Bertz CT molecular complexity index is 859. The summed E-state index contributed by atoms with van der Waals surface area (Å²) < 4.78 is 7.88. The first-order valence-corrected chi connectivity index (χ1v) is 11.2. The summed E-state index contributed by atoms with van der Waals surface area (Å²) in [5, 5.41) is 14.8. The highest BCUT2D eigenvalue weighted by atomic mass is 16.5. The summed E-state index contributed by atoms with van der Waals surface area (Å²) in [4.78, 5) is 25.0. The number of carbonyl (C=O) groups is 2. The van der Waals surface area contributed by atoms with Crippen molar-refractivity contribution in [1.82, 2.24) is 14.5 Å². The number of aromatic nitrogens is 2. The fourth-order valence-corrected chi connectivity index (χ4v) is 3.80. The molecule has 1 aliphatic rings. The normalized spacial score (nSPS) is 16.9. The molecule has 4 N–H and O–H groups in total. The zero-order valence-corrected chi connectivity index (χ0v) is 20.3. The number of hydrogen-bond donors (Lipinski definition) is 3. The summed E-state index contributed by atoms with van der Waals surface area (Å²) in [7, 11) is 1.74. The number of nitrogens with two attached hydrogens (primary N) is 1. The van der Waals surface area contributed by atoms with Crippen LogP contribution in [0.5, 0.6) is 5.75 Å². The number of nitrogens with zero attached hydrogens (tertiary/aromatic N) is 3. The lowest BCUT2D eigenvalue weighted by Crippen LogP contribution is -2.22. The predicted octanol–water partition coefficient (Wildman–Crippen LogP) is 3.63. The summed E-state index contributed by atoms with van der Waals surface area (Å²) in [6, 6.07) is 7.17. The number of benzene rings is 1. The van der Waals surface area contributed by atoms with Crippen LogP contribution in [0.3, 0.4) is 0 Å². The Labute approximate surface area is 196 Å². The summed E-state index contributed by atoms with van der Waals surface area (Å²) in [6.07, 6.45) is 7.25. The zero-order chi connectivity index (χ0) is 25.0. The molecule has 1 fully saturated rings. The molecule has 0 saturated heterocycles. The van der Waals surface area contributed by atoms with Crippen LogP contribution in [-0.2, 0) is 16.1 Å². The number of ether oxygens (including phenoxy) is 1. The van der Waals surface area contributed by atoms with E-state index in [-0.39, 0.29) is 0 Å². The minimum absolute atomic E-state index is 0.314. The smallest absolute Gasteiger partial charge is 0.300 e. The van der Waals surface area contributed by atoms with Crippen LogP contribution >= 0.6 is 0 Å². The third-order valence-corrected chi connectivity index (χ3v) is 5.33. The van der Waals surface area contributed by atoms with Gasteiger partial charge in [-0.25, -0.2) is 4.98 Å². The molecule has 0 aliphatic heterocycles. The van der Waals surface area contributed by atoms with Gasteiger partial charge in [-0.3, -0.25) is 14.5 Å². The van der Waals surface area contributed by atoms with Crippen LogP contribution in [-0.4, -0.2) is 62.8 Å². The van der Waals surface area contributed by atoms with Crippen molar-refractivity contribution in [3.63, 3.8) is 0 Å². The van der Waals surface area contributed by atoms with E-state index in [1.807, 2.05) is 6.20 Å². The second kappa shape index (κ2) is 14.3. The fourth-order valence-electron chi connectivity index (χ4n) is 3.80. The highest BCUT2D eigenvalue weighted by Crippen LogP contribution is 2.34. The Hall–Kier alpha value is -2.91. The monoisotopic (exact) mass is 462 g/mol. The summed E-state index contributed by atoms with van der Waals surface area (Å²) in [5.74, 6) is 0.305. The molecule has 0 radical (unpaired) electrons. The van der Waals surface area contributed by atoms with Crippen LogP contribution in [0, 0.1) is 0 Å². The number of carboxylic acids is 2. The lowest BCUT2D eigenvalue weighted by atomic mass is 10.1. The van der Waals surface area contributed by atoms with Gasteiger partial charge in [-0.1, -0.05) is 13.8 Å². The molecule has 3 rings (SSSR count). The van der Waals surface area contributed by atoms with Gasteiger partial charge < -0.3 is 25.3 Å². The van der Waals surface area contributed by atoms with Gasteiger partial charge in [0.05, 0.1) is 7.11 Å². The second-order valence-corrected chi connectivity index (χ2v) is 7.91. The van der Waals surface area contributed by atoms with Crippen LogP contribution < -0.4 is 10.5 Å². The lowest BCUT2D eigenvalue weighted by molar-refractivity contribution is -0.135. The molecule has 1 aromatic carbocycles. The molecule has 33 heavy (non-hydrogen) atoms. The van der Waals surface area contributed by atoms with Crippen LogP contribution in [0.4, 0.5) is 0 Å². The molecule has 1 heterocycles. The van der Waals surface area contributed by atoms with E-state index in [2.05, 4.69) is 52.7 Å². The Morgan fingerprint density at radius 2 is 1.79 bits per heavy atom. The van der Waals surface area contributed by atoms with Crippen molar-refractivity contribution >= 4 is 11.9 Å². The first-order chi connectivity index (χ1) is 15.6. The largest absolute Gasteiger partial charge is 0.496 e. The fraction of sp³-hybridized carbons (Fsp3) is 0.542. The first-order valence-electron chi connectivity index (χ1n) is 11.2. The van der Waals surface area contributed by atoms with E-state index in [9.17, 15) is 0 Å². The van der Waals surface area contributed by atoms with Crippen molar-refractivity contribution in [3.8, 4) is 17.1 Å². The standard InChI is InChI=1S/C20H30N4O.2C2H4O2/c1-4-23(5-2)14-16-12-15(6-9-19(16)25-3)20-22-10-11-24(20)18-8-7-17(21)13-18;2*1-2(3)4/h6,9-12,17-18H,4-5,7-8,13-14,21H2,1-3H3;2*1H3,(H,3,4)/t17-,18+;;/m0../s1. The highest BCUT2D eigenvalue weighted by molar-refractivity contribution is 5.63. The van der Waals surface area contributed by atoms with Crippen LogP contribution in [0.15, 0.2) is 30.6 Å². The Morgan fingerprint density at radius 1 is 1.18 bits per heavy atom. The van der Waals surface area contributed by atoms with Crippen LogP contribution in [0.25, 0.3) is 11.4 Å². The number of hydrogen-bond acceptors (Lipinski definition) is 6. The summed E-state index contributed by atoms with van der Waals surface area (Å²) in [6.45, 7) is 9.49. The quantitative estimate of drug-likeness (QED) is 0.568. The van der Waals surface area contributed by atoms with Gasteiger partial charge in [-0.15, -0.1) is 0 Å². The van der Waals surface area contributed by atoms with Gasteiger partial charge in [0.25, 0.3) is 11.9 Å². The Kier molecular flexibility index (Phi) is 12.2. The highest BCUT2D eigenvalue weighted by Gasteiger charge is 2.25. The molecule has 1 saturated carbocycles. The molecule has 9 nitrogen and oxygen atoms in total. The predicted molar refractivity (Wildman–Crippen MR) is 128 cm³/mol. The molecule has 1 aliphatic carbocycles. The number of aliphatic carboxylic acids is 2. The maximum Gasteiger partial charge on any atom is 0.300 e. The Balaban J connectivity index is 0.000000591. The van der Waals surface area contributed by atoms with E-state index in [1.54, 1.807) is 7.11 Å². The lowest BCUT2D eigenvalue weighted by Gasteiger charge is -2.21.